The van der Waals surface area contributed by atoms with E-state index in [1.165, 1.54) is 43.2 Å². The SMILES string of the molecule is c1ccc(N(c2ccccc2)c2cc(N(c3ccc4c(c3)C3(c5ccccc5Sc5ccccc53)c3ccccc3-4)c3cccc4c3oc3ccccc34)cc3c2oc2ccccc23)cc1. The second-order valence-electron chi connectivity index (χ2n) is 17.2. The van der Waals surface area contributed by atoms with Gasteiger partial charge in [0.05, 0.1) is 16.8 Å². The molecule has 10 aromatic carbocycles. The lowest BCUT2D eigenvalue weighted by Crippen LogP contribution is -2.32. The molecule has 14 rings (SSSR count). The molecule has 2 aromatic heterocycles. The Hall–Kier alpha value is -8.25. The lowest BCUT2D eigenvalue weighted by atomic mass is 9.67. The Balaban J connectivity index is 1.10. The van der Waals surface area contributed by atoms with Gasteiger partial charge in [0.25, 0.3) is 0 Å². The average Bonchev–Trinajstić information content (AvgIpc) is 4.04. The number of hydrogen-bond donors (Lipinski definition) is 0. The molecule has 0 amide bonds. The van der Waals surface area contributed by atoms with Gasteiger partial charge in [-0.15, -0.1) is 0 Å². The van der Waals surface area contributed by atoms with E-state index in [0.717, 1.165) is 78.0 Å². The average molecular weight is 863 g/mol. The lowest BCUT2D eigenvalue weighted by Gasteiger charge is -2.40. The van der Waals surface area contributed by atoms with Crippen molar-refractivity contribution in [1.82, 2.24) is 0 Å². The lowest BCUT2D eigenvalue weighted by molar-refractivity contribution is 0.669. The molecular weight excluding hydrogens is 825 g/mol. The van der Waals surface area contributed by atoms with E-state index in [2.05, 4.69) is 228 Å². The highest BCUT2D eigenvalue weighted by Crippen LogP contribution is 2.63. The van der Waals surface area contributed by atoms with Crippen LogP contribution >= 0.6 is 11.8 Å². The Labute approximate surface area is 385 Å². The molecule has 12 aromatic rings. The topological polar surface area (TPSA) is 32.8 Å². The van der Waals surface area contributed by atoms with Gasteiger partial charge in [-0.3, -0.25) is 0 Å². The molecule has 66 heavy (non-hydrogen) atoms. The molecule has 1 aliphatic carbocycles. The number of anilines is 6. The van der Waals surface area contributed by atoms with Gasteiger partial charge in [-0.05, 0) is 112 Å². The summed E-state index contributed by atoms with van der Waals surface area (Å²) >= 11 is 1.87. The quantitative estimate of drug-likeness (QED) is 0.166. The molecule has 1 spiro atoms. The Morgan fingerprint density at radius 3 is 1.52 bits per heavy atom. The summed E-state index contributed by atoms with van der Waals surface area (Å²) in [7, 11) is 0. The van der Waals surface area contributed by atoms with Crippen LogP contribution in [0.3, 0.4) is 0 Å². The molecule has 4 nitrogen and oxygen atoms in total. The summed E-state index contributed by atoms with van der Waals surface area (Å²) in [6, 6.07) is 83.2. The van der Waals surface area contributed by atoms with Crippen molar-refractivity contribution in [3.63, 3.8) is 0 Å². The van der Waals surface area contributed by atoms with Gasteiger partial charge in [0, 0.05) is 54.1 Å². The number of nitrogens with zero attached hydrogens (tertiary/aromatic N) is 2. The first-order valence-corrected chi connectivity index (χ1v) is 23.2. The summed E-state index contributed by atoms with van der Waals surface area (Å²) in [6.07, 6.45) is 0. The molecule has 0 N–H and O–H groups in total. The summed E-state index contributed by atoms with van der Waals surface area (Å²) in [5.41, 5.74) is 16.4. The number of rotatable bonds is 6. The molecule has 5 heteroatoms. The van der Waals surface area contributed by atoms with Crippen LogP contribution in [0.4, 0.5) is 34.1 Å². The zero-order valence-corrected chi connectivity index (χ0v) is 36.4. The van der Waals surface area contributed by atoms with E-state index in [4.69, 9.17) is 8.83 Å². The van der Waals surface area contributed by atoms with Crippen LogP contribution in [0, 0.1) is 0 Å². The first kappa shape index (κ1) is 37.2. The smallest absolute Gasteiger partial charge is 0.159 e. The van der Waals surface area contributed by atoms with E-state index < -0.39 is 5.41 Å². The Morgan fingerprint density at radius 2 is 0.833 bits per heavy atom. The van der Waals surface area contributed by atoms with Gasteiger partial charge < -0.3 is 18.6 Å². The van der Waals surface area contributed by atoms with Crippen molar-refractivity contribution >= 4 is 89.8 Å². The van der Waals surface area contributed by atoms with E-state index in [9.17, 15) is 0 Å². The minimum absolute atomic E-state index is 0.551. The van der Waals surface area contributed by atoms with Crippen molar-refractivity contribution in [2.24, 2.45) is 0 Å². The third kappa shape index (κ3) is 5.29. The minimum Gasteiger partial charge on any atom is -0.454 e. The third-order valence-corrected chi connectivity index (χ3v) is 14.8. The minimum atomic E-state index is -0.551. The number of fused-ring (bicyclic) bond motifs is 15. The molecular formula is C61H38N2O2S. The standard InChI is InChI=1S/C61H38N2O2S/c1-3-18-39(19-4-1)62(40-20-5-2-6-21-40)54-38-42(36-48-46-24-9-14-31-56(46)65-60(48)54)63(53-29-17-25-47-45-23-8-13-30-55(45)64-59(47)53)41-34-35-44-43-22-7-10-26-49(43)61(52(44)37-41)50-27-11-15-32-57(50)66-58-33-16-12-28-51(58)61/h1-38H. The summed E-state index contributed by atoms with van der Waals surface area (Å²) in [5.74, 6) is 0. The van der Waals surface area contributed by atoms with Gasteiger partial charge in [-0.2, -0.15) is 0 Å². The van der Waals surface area contributed by atoms with Gasteiger partial charge >= 0.3 is 0 Å². The van der Waals surface area contributed by atoms with Gasteiger partial charge in [-0.25, -0.2) is 0 Å². The fourth-order valence-corrected chi connectivity index (χ4v) is 12.2. The first-order chi connectivity index (χ1) is 32.7. The second kappa shape index (κ2) is 14.4. The largest absolute Gasteiger partial charge is 0.454 e. The van der Waals surface area contributed by atoms with Crippen molar-refractivity contribution in [2.45, 2.75) is 15.2 Å². The number of hydrogen-bond acceptors (Lipinski definition) is 5. The van der Waals surface area contributed by atoms with E-state index >= 15 is 0 Å². The van der Waals surface area contributed by atoms with E-state index in [0.29, 0.717) is 0 Å². The molecule has 0 bridgehead atoms. The predicted molar refractivity (Wildman–Crippen MR) is 272 cm³/mol. The summed E-state index contributed by atoms with van der Waals surface area (Å²) in [6.45, 7) is 0. The van der Waals surface area contributed by atoms with E-state index in [1.807, 2.05) is 23.9 Å². The highest BCUT2D eigenvalue weighted by molar-refractivity contribution is 7.99. The summed E-state index contributed by atoms with van der Waals surface area (Å²) < 4.78 is 13.9. The fourth-order valence-electron chi connectivity index (χ4n) is 11.0. The van der Waals surface area contributed by atoms with Crippen LogP contribution in [0.2, 0.25) is 0 Å². The van der Waals surface area contributed by atoms with Crippen LogP contribution in [-0.4, -0.2) is 0 Å². The van der Waals surface area contributed by atoms with Crippen LogP contribution in [0.5, 0.6) is 0 Å². The molecule has 0 unspecified atom stereocenters. The summed E-state index contributed by atoms with van der Waals surface area (Å²) in [4.78, 5) is 7.28. The predicted octanol–water partition coefficient (Wildman–Crippen LogP) is 17.3. The van der Waals surface area contributed by atoms with Gasteiger partial charge in [-0.1, -0.05) is 163 Å². The molecule has 0 saturated heterocycles. The zero-order valence-electron chi connectivity index (χ0n) is 35.6. The van der Waals surface area contributed by atoms with Crippen molar-refractivity contribution in [3.8, 4) is 11.1 Å². The van der Waals surface area contributed by atoms with Gasteiger partial charge in [0.15, 0.2) is 11.2 Å². The summed E-state index contributed by atoms with van der Waals surface area (Å²) in [5, 5.41) is 4.22. The molecule has 0 fully saturated rings. The van der Waals surface area contributed by atoms with Gasteiger partial charge in [0.2, 0.25) is 0 Å². The first-order valence-electron chi connectivity index (χ1n) is 22.4. The van der Waals surface area contributed by atoms with E-state index in [1.54, 1.807) is 0 Å². The van der Waals surface area contributed by atoms with Crippen molar-refractivity contribution < 1.29 is 8.83 Å². The van der Waals surface area contributed by atoms with Gasteiger partial charge in [0.1, 0.15) is 11.2 Å². The Bertz CT molecular complexity index is 3800. The Morgan fingerprint density at radius 1 is 0.318 bits per heavy atom. The molecule has 0 saturated carbocycles. The highest BCUT2D eigenvalue weighted by Gasteiger charge is 2.50. The zero-order chi connectivity index (χ0) is 43.3. The van der Waals surface area contributed by atoms with Crippen LogP contribution in [0.1, 0.15) is 22.3 Å². The normalized spacial score (nSPS) is 13.2. The van der Waals surface area contributed by atoms with Crippen molar-refractivity contribution in [2.75, 3.05) is 9.80 Å². The second-order valence-corrected chi connectivity index (χ2v) is 18.2. The van der Waals surface area contributed by atoms with E-state index in [-0.39, 0.29) is 0 Å². The third-order valence-electron chi connectivity index (χ3n) is 13.7. The Kier molecular flexibility index (Phi) is 8.10. The van der Waals surface area contributed by atoms with Crippen LogP contribution < -0.4 is 9.80 Å². The van der Waals surface area contributed by atoms with Crippen LogP contribution in [-0.2, 0) is 5.41 Å². The molecule has 0 radical (unpaired) electrons. The number of para-hydroxylation sites is 5. The van der Waals surface area contributed by atoms with Crippen LogP contribution in [0.25, 0.3) is 55.0 Å². The fraction of sp³-hybridized carbons (Fsp3) is 0.0164. The monoisotopic (exact) mass is 862 g/mol. The molecule has 1 aliphatic heterocycles. The highest BCUT2D eigenvalue weighted by atomic mass is 32.2. The molecule has 0 atom stereocenters. The molecule has 2 aliphatic rings. The van der Waals surface area contributed by atoms with Crippen LogP contribution in [0.15, 0.2) is 249 Å². The maximum Gasteiger partial charge on any atom is 0.159 e. The van der Waals surface area contributed by atoms with Crippen molar-refractivity contribution in [1.29, 1.82) is 0 Å². The molecule has 310 valence electrons. The number of furan rings is 2. The maximum absolute atomic E-state index is 6.94. The number of benzene rings is 10. The maximum atomic E-state index is 6.94. The molecule has 3 heterocycles. The van der Waals surface area contributed by atoms with Crippen molar-refractivity contribution in [3.05, 3.63) is 253 Å².